The molecule has 0 amide bonds. The number of benzene rings is 1. The van der Waals surface area contributed by atoms with Crippen LogP contribution in [-0.4, -0.2) is 56.4 Å². The normalized spacial score (nSPS) is 15.1. The van der Waals surface area contributed by atoms with E-state index in [1.807, 2.05) is 30.3 Å². The monoisotopic (exact) mass is 438 g/mol. The summed E-state index contributed by atoms with van der Waals surface area (Å²) in [5, 5.41) is 10.2. The number of nitrogens with one attached hydrogen (secondary N) is 1. The summed E-state index contributed by atoms with van der Waals surface area (Å²) >= 11 is 3.22. The number of rotatable bonds is 5. The van der Waals surface area contributed by atoms with Crippen molar-refractivity contribution in [3.63, 3.8) is 0 Å². The number of hydrogen-bond donors (Lipinski definition) is 1. The van der Waals surface area contributed by atoms with E-state index in [0.717, 1.165) is 65.3 Å². The van der Waals surface area contributed by atoms with E-state index in [0.29, 0.717) is 5.16 Å². The van der Waals surface area contributed by atoms with Crippen LogP contribution >= 0.6 is 23.1 Å². The van der Waals surface area contributed by atoms with Gasteiger partial charge in [0.2, 0.25) is 5.16 Å². The molecule has 1 fully saturated rings. The Hall–Kier alpha value is -2.33. The topological polar surface area (TPSA) is 79.8 Å². The van der Waals surface area contributed by atoms with E-state index in [1.165, 1.54) is 22.2 Å². The van der Waals surface area contributed by atoms with Crippen LogP contribution in [0.4, 0.5) is 0 Å². The van der Waals surface area contributed by atoms with Gasteiger partial charge in [-0.2, -0.15) is 0 Å². The number of thiophene rings is 1. The van der Waals surface area contributed by atoms with Crippen LogP contribution in [0.15, 0.2) is 40.5 Å². The molecule has 0 atom stereocenters. The van der Waals surface area contributed by atoms with Crippen molar-refractivity contribution in [2.24, 2.45) is 0 Å². The number of aromatic nitrogens is 5. The zero-order valence-electron chi connectivity index (χ0n) is 16.9. The Bertz CT molecular complexity index is 1170. The molecule has 154 valence electrons. The second kappa shape index (κ2) is 8.43. The fourth-order valence-electron chi connectivity index (χ4n) is 3.46. The molecule has 0 radical (unpaired) electrons. The van der Waals surface area contributed by atoms with Gasteiger partial charge in [-0.3, -0.25) is 10.00 Å². The summed E-state index contributed by atoms with van der Waals surface area (Å²) in [5.74, 6) is 1.60. The zero-order valence-corrected chi connectivity index (χ0v) is 18.5. The molecule has 5 rings (SSSR count). The van der Waals surface area contributed by atoms with Crippen molar-refractivity contribution in [3.05, 3.63) is 46.6 Å². The number of fused-ring (bicyclic) bond motifs is 1. The molecular formula is C21H22N6OS2. The largest absolute Gasteiger partial charge is 0.379 e. The Morgan fingerprint density at radius 3 is 2.70 bits per heavy atom. The van der Waals surface area contributed by atoms with Gasteiger partial charge in [0.05, 0.1) is 19.8 Å². The van der Waals surface area contributed by atoms with Crippen molar-refractivity contribution in [1.82, 2.24) is 30.0 Å². The van der Waals surface area contributed by atoms with Gasteiger partial charge in [-0.05, 0) is 31.2 Å². The van der Waals surface area contributed by atoms with E-state index in [4.69, 9.17) is 14.7 Å². The van der Waals surface area contributed by atoms with Crippen molar-refractivity contribution in [3.8, 4) is 11.4 Å². The summed E-state index contributed by atoms with van der Waals surface area (Å²) in [6.07, 6.45) is 0. The highest BCUT2D eigenvalue weighted by Gasteiger charge is 2.19. The number of morpholine rings is 1. The second-order valence-electron chi connectivity index (χ2n) is 7.23. The van der Waals surface area contributed by atoms with E-state index in [1.54, 1.807) is 11.3 Å². The van der Waals surface area contributed by atoms with E-state index in [9.17, 15) is 0 Å². The molecule has 0 bridgehead atoms. The minimum absolute atomic E-state index is 0.662. The second-order valence-corrected chi connectivity index (χ2v) is 9.39. The summed E-state index contributed by atoms with van der Waals surface area (Å²) in [6.45, 7) is 8.35. The first-order valence-corrected chi connectivity index (χ1v) is 11.5. The highest BCUT2D eigenvalue weighted by molar-refractivity contribution is 7.99. The van der Waals surface area contributed by atoms with E-state index >= 15 is 0 Å². The highest BCUT2D eigenvalue weighted by Crippen LogP contribution is 2.37. The van der Waals surface area contributed by atoms with Crippen molar-refractivity contribution in [1.29, 1.82) is 0 Å². The van der Waals surface area contributed by atoms with Crippen LogP contribution in [0.1, 0.15) is 16.3 Å². The summed E-state index contributed by atoms with van der Waals surface area (Å²) in [6, 6.07) is 10.0. The first kappa shape index (κ1) is 19.6. The number of H-pyrrole nitrogens is 1. The summed E-state index contributed by atoms with van der Waals surface area (Å²) < 4.78 is 5.46. The van der Waals surface area contributed by atoms with Gasteiger partial charge < -0.3 is 4.74 Å². The molecule has 1 N–H and O–H groups in total. The molecule has 4 heterocycles. The molecule has 4 aromatic rings. The highest BCUT2D eigenvalue weighted by atomic mass is 32.2. The SMILES string of the molecule is Cc1sc2nc(CN3CCOCC3)nc(Sc3n[nH]c(-c4ccccc4)n3)c2c1C. The van der Waals surface area contributed by atoms with Gasteiger partial charge in [-0.1, -0.05) is 30.3 Å². The molecule has 0 saturated carbocycles. The van der Waals surface area contributed by atoms with Crippen molar-refractivity contribution in [2.75, 3.05) is 26.3 Å². The lowest BCUT2D eigenvalue weighted by molar-refractivity contribution is 0.0330. The number of aryl methyl sites for hydroxylation is 2. The smallest absolute Gasteiger partial charge is 0.215 e. The Balaban J connectivity index is 1.48. The van der Waals surface area contributed by atoms with E-state index in [2.05, 4.69) is 33.9 Å². The summed E-state index contributed by atoms with van der Waals surface area (Å²) in [4.78, 5) is 19.1. The summed E-state index contributed by atoms with van der Waals surface area (Å²) in [7, 11) is 0. The molecule has 1 aliphatic heterocycles. The predicted octanol–water partition coefficient (Wildman–Crippen LogP) is 4.08. The number of nitrogens with zero attached hydrogens (tertiary/aromatic N) is 5. The van der Waals surface area contributed by atoms with Crippen LogP contribution in [0.25, 0.3) is 21.6 Å². The van der Waals surface area contributed by atoms with E-state index in [-0.39, 0.29) is 0 Å². The molecule has 7 nitrogen and oxygen atoms in total. The third-order valence-electron chi connectivity index (χ3n) is 5.21. The number of hydrogen-bond acceptors (Lipinski definition) is 8. The maximum absolute atomic E-state index is 5.46. The first-order valence-electron chi connectivity index (χ1n) is 9.90. The molecular weight excluding hydrogens is 416 g/mol. The van der Waals surface area contributed by atoms with Gasteiger partial charge in [0, 0.05) is 28.9 Å². The lowest BCUT2D eigenvalue weighted by atomic mass is 10.2. The average molecular weight is 439 g/mol. The summed E-state index contributed by atoms with van der Waals surface area (Å²) in [5.41, 5.74) is 2.24. The third kappa shape index (κ3) is 3.98. The first-order chi connectivity index (χ1) is 14.7. The van der Waals surface area contributed by atoms with E-state index < -0.39 is 0 Å². The van der Waals surface area contributed by atoms with Gasteiger partial charge in [0.1, 0.15) is 15.7 Å². The fraction of sp³-hybridized carbons (Fsp3) is 0.333. The Labute approximate surface area is 182 Å². The molecule has 0 aliphatic carbocycles. The number of ether oxygens (including phenoxy) is 1. The molecule has 1 aliphatic rings. The molecule has 1 saturated heterocycles. The maximum Gasteiger partial charge on any atom is 0.215 e. The van der Waals surface area contributed by atoms with Gasteiger partial charge >= 0.3 is 0 Å². The standard InChI is InChI=1S/C21H22N6OS2/c1-13-14(2)29-19-17(13)20(23-16(22-19)12-27-8-10-28-11-9-27)30-21-24-18(25-26-21)15-6-4-3-5-7-15/h3-7H,8-12H2,1-2H3,(H,24,25,26). The Morgan fingerprint density at radius 2 is 1.90 bits per heavy atom. The van der Waals surface area contributed by atoms with Gasteiger partial charge in [0.15, 0.2) is 5.82 Å². The Kier molecular flexibility index (Phi) is 5.51. The molecule has 30 heavy (non-hydrogen) atoms. The third-order valence-corrected chi connectivity index (χ3v) is 7.17. The zero-order chi connectivity index (χ0) is 20.5. The fourth-order valence-corrected chi connectivity index (χ4v) is 5.48. The van der Waals surface area contributed by atoms with Crippen molar-refractivity contribution < 1.29 is 4.74 Å². The average Bonchev–Trinajstić information content (AvgIpc) is 3.34. The molecule has 0 unspecified atom stereocenters. The van der Waals surface area contributed by atoms with Gasteiger partial charge in [-0.25, -0.2) is 15.0 Å². The maximum atomic E-state index is 5.46. The lowest BCUT2D eigenvalue weighted by Gasteiger charge is -2.25. The number of aromatic amines is 1. The van der Waals surface area contributed by atoms with Crippen LogP contribution in [0.3, 0.4) is 0 Å². The van der Waals surface area contributed by atoms with Gasteiger partial charge in [-0.15, -0.1) is 16.4 Å². The lowest BCUT2D eigenvalue weighted by Crippen LogP contribution is -2.36. The quantitative estimate of drug-likeness (QED) is 0.470. The molecule has 3 aromatic heterocycles. The molecule has 0 spiro atoms. The van der Waals surface area contributed by atoms with Crippen LogP contribution in [0.5, 0.6) is 0 Å². The molecule has 1 aromatic carbocycles. The van der Waals surface area contributed by atoms with Gasteiger partial charge in [0.25, 0.3) is 0 Å². The predicted molar refractivity (Wildman–Crippen MR) is 119 cm³/mol. The van der Waals surface area contributed by atoms with Crippen molar-refractivity contribution >= 4 is 33.3 Å². The van der Waals surface area contributed by atoms with Crippen LogP contribution in [0.2, 0.25) is 0 Å². The molecule has 9 heteroatoms. The van der Waals surface area contributed by atoms with Crippen LogP contribution < -0.4 is 0 Å². The minimum atomic E-state index is 0.662. The van der Waals surface area contributed by atoms with Crippen LogP contribution in [0, 0.1) is 13.8 Å². The van der Waals surface area contributed by atoms with Crippen LogP contribution in [-0.2, 0) is 11.3 Å². The van der Waals surface area contributed by atoms with Crippen molar-refractivity contribution in [2.45, 2.75) is 30.6 Å². The Morgan fingerprint density at radius 1 is 1.10 bits per heavy atom. The minimum Gasteiger partial charge on any atom is -0.379 e.